The highest BCUT2D eigenvalue weighted by Gasteiger charge is 2.33. The summed E-state index contributed by atoms with van der Waals surface area (Å²) in [6.45, 7) is 1.50. The largest absolute Gasteiger partial charge is 0.340 e. The highest BCUT2D eigenvalue weighted by atomic mass is 32.2. The molecule has 1 fully saturated rings. The maximum atomic E-state index is 13.0. The average molecular weight is 429 g/mol. The topological polar surface area (TPSA) is 92.2 Å². The van der Waals surface area contributed by atoms with Gasteiger partial charge in [0, 0.05) is 13.0 Å². The normalized spacial score (nSPS) is 15.8. The van der Waals surface area contributed by atoms with E-state index in [-0.39, 0.29) is 17.2 Å². The molecule has 0 spiro atoms. The predicted molar refractivity (Wildman–Crippen MR) is 119 cm³/mol. The number of amides is 1. The molecule has 0 radical (unpaired) electrons. The van der Waals surface area contributed by atoms with Gasteiger partial charge in [0.25, 0.3) is 5.56 Å². The third kappa shape index (κ3) is 5.41. The van der Waals surface area contributed by atoms with Gasteiger partial charge < -0.3 is 10.2 Å². The van der Waals surface area contributed by atoms with Gasteiger partial charge in [0.1, 0.15) is 5.54 Å². The van der Waals surface area contributed by atoms with Crippen LogP contribution in [0.4, 0.5) is 0 Å². The fourth-order valence-electron chi connectivity index (χ4n) is 3.90. The van der Waals surface area contributed by atoms with E-state index in [9.17, 15) is 14.9 Å². The molecule has 0 atom stereocenters. The Kier molecular flexibility index (Phi) is 7.51. The molecule has 2 aromatic rings. The third-order valence-electron chi connectivity index (χ3n) is 5.52. The van der Waals surface area contributed by atoms with Crippen LogP contribution in [0.15, 0.2) is 34.2 Å². The van der Waals surface area contributed by atoms with Crippen molar-refractivity contribution in [3.05, 3.63) is 34.6 Å². The number of nitrogens with zero attached hydrogens (tertiary/aromatic N) is 3. The molecule has 1 heterocycles. The quantitative estimate of drug-likeness (QED) is 0.489. The van der Waals surface area contributed by atoms with Crippen LogP contribution in [0, 0.1) is 11.3 Å². The van der Waals surface area contributed by atoms with Gasteiger partial charge in [-0.15, -0.1) is 0 Å². The average Bonchev–Trinajstić information content (AvgIpc) is 2.74. The van der Waals surface area contributed by atoms with Crippen molar-refractivity contribution in [2.45, 2.75) is 55.8 Å². The van der Waals surface area contributed by atoms with Crippen LogP contribution in [0.3, 0.4) is 0 Å². The van der Waals surface area contributed by atoms with Gasteiger partial charge in [0.2, 0.25) is 5.91 Å². The Hall–Kier alpha value is -2.37. The molecule has 1 aliphatic rings. The van der Waals surface area contributed by atoms with Crippen molar-refractivity contribution < 1.29 is 9.69 Å². The first-order chi connectivity index (χ1) is 14.4. The maximum absolute atomic E-state index is 13.0. The number of thioether (sulfide) groups is 1. The summed E-state index contributed by atoms with van der Waals surface area (Å²) in [4.78, 5) is 31.6. The highest BCUT2D eigenvalue weighted by Crippen LogP contribution is 2.28. The molecular weight excluding hydrogens is 398 g/mol. The fourth-order valence-corrected chi connectivity index (χ4v) is 4.72. The Bertz CT molecular complexity index is 989. The first-order valence-corrected chi connectivity index (χ1v) is 11.6. The predicted octanol–water partition coefficient (Wildman–Crippen LogP) is 1.37. The molecule has 1 aromatic heterocycles. The summed E-state index contributed by atoms with van der Waals surface area (Å²) in [6.07, 6.45) is 5.27. The molecule has 1 aromatic carbocycles. The van der Waals surface area contributed by atoms with Crippen molar-refractivity contribution in [1.29, 1.82) is 5.26 Å². The number of nitriles is 1. The Labute approximate surface area is 181 Å². The molecule has 0 aliphatic heterocycles. The first-order valence-electron chi connectivity index (χ1n) is 10.6. The van der Waals surface area contributed by atoms with E-state index < -0.39 is 5.54 Å². The number of hydrogen-bond acceptors (Lipinski definition) is 5. The Morgan fingerprint density at radius 1 is 1.30 bits per heavy atom. The summed E-state index contributed by atoms with van der Waals surface area (Å²) in [7, 11) is 4.16. The summed E-state index contributed by atoms with van der Waals surface area (Å²) < 4.78 is 1.68. The molecule has 0 unspecified atom stereocenters. The summed E-state index contributed by atoms with van der Waals surface area (Å²) in [5.74, 6) is -0.0530. The number of nitrogens with one attached hydrogen (secondary N) is 2. The van der Waals surface area contributed by atoms with Gasteiger partial charge in [-0.1, -0.05) is 43.2 Å². The highest BCUT2D eigenvalue weighted by molar-refractivity contribution is 7.99. The Morgan fingerprint density at radius 2 is 2.03 bits per heavy atom. The van der Waals surface area contributed by atoms with Gasteiger partial charge in [0.05, 0.1) is 43.4 Å². The lowest BCUT2D eigenvalue weighted by atomic mass is 9.83. The standard InChI is InChI=1S/C22H29N5O2S/c1-26(2)13-8-14-27-20(29)17-9-4-5-10-18(17)24-21(27)30-15-19(28)25-22(16-23)11-6-3-7-12-22/h4-5,9-10H,3,6-8,11-15H2,1-2H3,(H,25,28)/p+1. The molecule has 30 heavy (non-hydrogen) atoms. The zero-order chi connectivity index (χ0) is 21.6. The smallest absolute Gasteiger partial charge is 0.262 e. The van der Waals surface area contributed by atoms with Crippen molar-refractivity contribution in [3.8, 4) is 6.07 Å². The molecule has 7 nitrogen and oxygen atoms in total. The van der Waals surface area contributed by atoms with E-state index >= 15 is 0 Å². The molecule has 3 rings (SSSR count). The number of carbonyl (C=O) groups is 1. The van der Waals surface area contributed by atoms with E-state index in [0.717, 1.165) is 32.2 Å². The summed E-state index contributed by atoms with van der Waals surface area (Å²) in [6, 6.07) is 9.62. The zero-order valence-corrected chi connectivity index (χ0v) is 18.6. The molecule has 1 amide bonds. The van der Waals surface area contributed by atoms with Crippen LogP contribution in [0.5, 0.6) is 0 Å². The van der Waals surface area contributed by atoms with Gasteiger partial charge in [-0.25, -0.2) is 4.98 Å². The molecule has 0 bridgehead atoms. The van der Waals surface area contributed by atoms with E-state index in [4.69, 9.17) is 0 Å². The Morgan fingerprint density at radius 3 is 2.73 bits per heavy atom. The first kappa shape index (κ1) is 22.3. The molecule has 160 valence electrons. The van der Waals surface area contributed by atoms with Gasteiger partial charge >= 0.3 is 0 Å². The van der Waals surface area contributed by atoms with Crippen LogP contribution in [0.25, 0.3) is 10.9 Å². The summed E-state index contributed by atoms with van der Waals surface area (Å²) in [5, 5.41) is 13.7. The van der Waals surface area contributed by atoms with Crippen LogP contribution < -0.4 is 15.8 Å². The minimum absolute atomic E-state index is 0.0713. The van der Waals surface area contributed by atoms with E-state index in [1.54, 1.807) is 10.6 Å². The van der Waals surface area contributed by atoms with Gasteiger partial charge in [-0.2, -0.15) is 5.26 Å². The van der Waals surface area contributed by atoms with Crippen molar-refractivity contribution >= 4 is 28.6 Å². The molecule has 8 heteroatoms. The maximum Gasteiger partial charge on any atom is 0.262 e. The summed E-state index contributed by atoms with van der Waals surface area (Å²) >= 11 is 1.26. The second-order valence-electron chi connectivity index (χ2n) is 8.27. The molecule has 1 aliphatic carbocycles. The lowest BCUT2D eigenvalue weighted by molar-refractivity contribution is -0.858. The number of para-hydroxylation sites is 1. The molecule has 0 saturated heterocycles. The van der Waals surface area contributed by atoms with Crippen LogP contribution in [0.1, 0.15) is 38.5 Å². The minimum atomic E-state index is -0.749. The number of fused-ring (bicyclic) bond motifs is 1. The molecule has 2 N–H and O–H groups in total. The van der Waals surface area contributed by atoms with Crippen molar-refractivity contribution in [2.75, 3.05) is 26.4 Å². The van der Waals surface area contributed by atoms with Gasteiger partial charge in [-0.05, 0) is 25.0 Å². The number of benzene rings is 1. The number of quaternary nitrogens is 1. The van der Waals surface area contributed by atoms with Crippen molar-refractivity contribution in [1.82, 2.24) is 14.9 Å². The number of carbonyl (C=O) groups excluding carboxylic acids is 1. The van der Waals surface area contributed by atoms with E-state index in [0.29, 0.717) is 35.4 Å². The zero-order valence-electron chi connectivity index (χ0n) is 17.7. The summed E-state index contributed by atoms with van der Waals surface area (Å²) in [5.41, 5.74) is -0.181. The minimum Gasteiger partial charge on any atom is -0.340 e. The van der Waals surface area contributed by atoms with E-state index in [1.807, 2.05) is 18.2 Å². The van der Waals surface area contributed by atoms with Crippen molar-refractivity contribution in [3.63, 3.8) is 0 Å². The fraction of sp³-hybridized carbons (Fsp3) is 0.545. The van der Waals surface area contributed by atoms with Crippen LogP contribution in [-0.2, 0) is 11.3 Å². The lowest BCUT2D eigenvalue weighted by Crippen LogP contribution is -3.05. The number of hydrogen-bond donors (Lipinski definition) is 2. The number of aromatic nitrogens is 2. The van der Waals surface area contributed by atoms with Crippen LogP contribution >= 0.6 is 11.8 Å². The molecule has 1 saturated carbocycles. The van der Waals surface area contributed by atoms with Crippen molar-refractivity contribution in [2.24, 2.45) is 0 Å². The van der Waals surface area contributed by atoms with Gasteiger partial charge in [0.15, 0.2) is 5.16 Å². The van der Waals surface area contributed by atoms with Gasteiger partial charge in [-0.3, -0.25) is 14.2 Å². The van der Waals surface area contributed by atoms with E-state index in [1.165, 1.54) is 16.7 Å². The van der Waals surface area contributed by atoms with E-state index in [2.05, 4.69) is 30.5 Å². The molecular formula is C22H30N5O2S+. The lowest BCUT2D eigenvalue weighted by Gasteiger charge is -2.31. The monoisotopic (exact) mass is 428 g/mol. The van der Waals surface area contributed by atoms with Crippen LogP contribution in [-0.4, -0.2) is 47.4 Å². The third-order valence-corrected chi connectivity index (χ3v) is 6.49. The van der Waals surface area contributed by atoms with Crippen LogP contribution in [0.2, 0.25) is 0 Å². The SMILES string of the molecule is C[NH+](C)CCCn1c(SCC(=O)NC2(C#N)CCCCC2)nc2ccccc2c1=O. The second-order valence-corrected chi connectivity index (χ2v) is 9.21. The second kappa shape index (κ2) is 10.1. The Balaban J connectivity index is 1.77. The number of rotatable bonds is 8.